The van der Waals surface area contributed by atoms with E-state index in [0.29, 0.717) is 11.7 Å². The molecule has 178 valence electrons. The van der Waals surface area contributed by atoms with E-state index < -0.39 is 5.97 Å². The molecular formula is C26H30N4O3S. The topological polar surface area (TPSA) is 79.6 Å². The summed E-state index contributed by atoms with van der Waals surface area (Å²) in [6, 6.07) is 13.2. The van der Waals surface area contributed by atoms with Crippen LogP contribution in [0.5, 0.6) is 0 Å². The van der Waals surface area contributed by atoms with Gasteiger partial charge in [-0.2, -0.15) is 0 Å². The number of pyridine rings is 1. The zero-order valence-corrected chi connectivity index (χ0v) is 20.7. The maximum Gasteiger partial charge on any atom is 0.335 e. The molecule has 0 saturated carbocycles. The summed E-state index contributed by atoms with van der Waals surface area (Å²) in [6.07, 6.45) is 2.65. The standard InChI is InChI=1S/C26H30N4O3S/c1-16-9-10-19(25(31)32)15-22(16)30-17(2)14-20(18(30)3)24-23(21-8-5-6-11-27-21)28-26(34)29(24)12-7-13-33-4/h5-6,8-11,14-15,23-24H,7,12-13H2,1-4H3,(H,28,34)(H,31,32)/t23-,24-/m1/s1. The SMILES string of the molecule is COCCCN1C(=S)N[C@H](c2ccccn2)[C@H]1c1cc(C)n(-c2cc(C(=O)O)ccc2C)c1C. The first-order valence-corrected chi connectivity index (χ1v) is 11.7. The third-order valence-electron chi connectivity index (χ3n) is 6.43. The highest BCUT2D eigenvalue weighted by Crippen LogP contribution is 2.41. The summed E-state index contributed by atoms with van der Waals surface area (Å²) in [5, 5.41) is 13.7. The smallest absolute Gasteiger partial charge is 0.335 e. The van der Waals surface area contributed by atoms with Crippen LogP contribution < -0.4 is 5.32 Å². The number of aromatic nitrogens is 2. The molecule has 3 heterocycles. The molecule has 3 aromatic rings. The van der Waals surface area contributed by atoms with Crippen molar-refractivity contribution in [2.75, 3.05) is 20.3 Å². The Labute approximate surface area is 205 Å². The third kappa shape index (κ3) is 4.43. The van der Waals surface area contributed by atoms with Crippen LogP contribution in [-0.2, 0) is 4.74 Å². The quantitative estimate of drug-likeness (QED) is 0.364. The minimum absolute atomic E-state index is 0.0535. The highest BCUT2D eigenvalue weighted by Gasteiger charge is 2.41. The zero-order valence-electron chi connectivity index (χ0n) is 19.9. The van der Waals surface area contributed by atoms with Gasteiger partial charge in [-0.15, -0.1) is 0 Å². The zero-order chi connectivity index (χ0) is 24.4. The molecule has 0 radical (unpaired) electrons. The van der Waals surface area contributed by atoms with Crippen molar-refractivity contribution in [3.8, 4) is 5.69 Å². The van der Waals surface area contributed by atoms with Gasteiger partial charge in [-0.1, -0.05) is 12.1 Å². The van der Waals surface area contributed by atoms with Crippen molar-refractivity contribution in [2.24, 2.45) is 0 Å². The highest BCUT2D eigenvalue weighted by atomic mass is 32.1. The molecule has 8 heteroatoms. The van der Waals surface area contributed by atoms with Crippen LogP contribution in [-0.4, -0.2) is 50.9 Å². The van der Waals surface area contributed by atoms with E-state index in [4.69, 9.17) is 17.0 Å². The number of hydrogen-bond acceptors (Lipinski definition) is 4. The molecule has 2 aromatic heterocycles. The van der Waals surface area contributed by atoms with Gasteiger partial charge >= 0.3 is 5.97 Å². The number of nitrogens with one attached hydrogen (secondary N) is 1. The number of hydrogen-bond donors (Lipinski definition) is 2. The number of thiocarbonyl (C=S) groups is 1. The summed E-state index contributed by atoms with van der Waals surface area (Å²) in [6.45, 7) is 7.54. The maximum atomic E-state index is 11.6. The molecular weight excluding hydrogens is 448 g/mol. The molecule has 0 spiro atoms. The molecule has 1 saturated heterocycles. The molecule has 0 aliphatic carbocycles. The van der Waals surface area contributed by atoms with Gasteiger partial charge in [0.15, 0.2) is 5.11 Å². The minimum atomic E-state index is -0.936. The number of methoxy groups -OCH3 is 1. The molecule has 0 amide bonds. The summed E-state index contributed by atoms with van der Waals surface area (Å²) in [7, 11) is 1.70. The van der Waals surface area contributed by atoms with Gasteiger partial charge in [0.05, 0.1) is 23.3 Å². The van der Waals surface area contributed by atoms with Crippen LogP contribution in [0.2, 0.25) is 0 Å². The van der Waals surface area contributed by atoms with Crippen LogP contribution in [0.3, 0.4) is 0 Å². The number of carboxylic acids is 1. The van der Waals surface area contributed by atoms with Gasteiger partial charge in [0.2, 0.25) is 0 Å². The van der Waals surface area contributed by atoms with Crippen LogP contribution in [0.1, 0.15) is 57.1 Å². The Kier molecular flexibility index (Phi) is 7.00. The lowest BCUT2D eigenvalue weighted by Gasteiger charge is -2.28. The van der Waals surface area contributed by atoms with E-state index in [0.717, 1.165) is 46.9 Å². The first-order valence-electron chi connectivity index (χ1n) is 11.3. The van der Waals surface area contributed by atoms with E-state index in [9.17, 15) is 9.90 Å². The van der Waals surface area contributed by atoms with E-state index in [1.807, 2.05) is 31.2 Å². The number of aryl methyl sites for hydroxylation is 2. The number of aromatic carboxylic acids is 1. The molecule has 4 rings (SSSR count). The molecule has 1 aromatic carbocycles. The molecule has 1 fully saturated rings. The Morgan fingerprint density at radius 1 is 1.21 bits per heavy atom. The minimum Gasteiger partial charge on any atom is -0.478 e. The second kappa shape index (κ2) is 9.95. The van der Waals surface area contributed by atoms with Crippen molar-refractivity contribution in [1.82, 2.24) is 19.8 Å². The maximum absolute atomic E-state index is 11.6. The Morgan fingerprint density at radius 2 is 2.00 bits per heavy atom. The van der Waals surface area contributed by atoms with Gasteiger partial charge in [0, 0.05) is 43.5 Å². The van der Waals surface area contributed by atoms with Crippen LogP contribution >= 0.6 is 12.2 Å². The van der Waals surface area contributed by atoms with Gasteiger partial charge in [-0.05, 0) is 80.9 Å². The number of nitrogens with zero attached hydrogens (tertiary/aromatic N) is 3. The number of ether oxygens (including phenoxy) is 1. The molecule has 1 aliphatic rings. The van der Waals surface area contributed by atoms with Crippen molar-refractivity contribution in [1.29, 1.82) is 0 Å². The average Bonchev–Trinajstić information content (AvgIpc) is 3.30. The third-order valence-corrected chi connectivity index (χ3v) is 6.78. The van der Waals surface area contributed by atoms with Gasteiger partial charge in [0.25, 0.3) is 0 Å². The van der Waals surface area contributed by atoms with Crippen molar-refractivity contribution in [3.05, 3.63) is 82.4 Å². The molecule has 2 N–H and O–H groups in total. The van der Waals surface area contributed by atoms with Crippen LogP contribution in [0.15, 0.2) is 48.7 Å². The number of benzene rings is 1. The molecule has 0 bridgehead atoms. The second-order valence-corrected chi connectivity index (χ2v) is 9.02. The summed E-state index contributed by atoms with van der Waals surface area (Å²) in [4.78, 5) is 18.5. The van der Waals surface area contributed by atoms with Crippen LogP contribution in [0.4, 0.5) is 0 Å². The van der Waals surface area contributed by atoms with Crippen molar-refractivity contribution in [2.45, 2.75) is 39.3 Å². The summed E-state index contributed by atoms with van der Waals surface area (Å²) in [5.74, 6) is -0.936. The lowest BCUT2D eigenvalue weighted by Crippen LogP contribution is -2.31. The monoisotopic (exact) mass is 478 g/mol. The van der Waals surface area contributed by atoms with Gasteiger partial charge < -0.3 is 24.6 Å². The first-order chi connectivity index (χ1) is 16.3. The lowest BCUT2D eigenvalue weighted by molar-refractivity contribution is 0.0697. The largest absolute Gasteiger partial charge is 0.478 e. The van der Waals surface area contributed by atoms with Crippen molar-refractivity contribution < 1.29 is 14.6 Å². The van der Waals surface area contributed by atoms with E-state index in [2.05, 4.69) is 39.7 Å². The van der Waals surface area contributed by atoms with E-state index in [-0.39, 0.29) is 17.6 Å². The Morgan fingerprint density at radius 3 is 2.68 bits per heavy atom. The molecule has 1 aliphatic heterocycles. The summed E-state index contributed by atoms with van der Waals surface area (Å²) in [5.41, 5.74) is 6.30. The summed E-state index contributed by atoms with van der Waals surface area (Å²) >= 11 is 5.76. The average molecular weight is 479 g/mol. The van der Waals surface area contributed by atoms with E-state index in [1.165, 1.54) is 0 Å². The van der Waals surface area contributed by atoms with Crippen LogP contribution in [0.25, 0.3) is 5.69 Å². The molecule has 0 unspecified atom stereocenters. The van der Waals surface area contributed by atoms with Crippen LogP contribution in [0, 0.1) is 20.8 Å². The van der Waals surface area contributed by atoms with E-state index in [1.54, 1.807) is 25.4 Å². The number of carboxylic acid groups (broad SMARTS) is 1. The molecule has 7 nitrogen and oxygen atoms in total. The highest BCUT2D eigenvalue weighted by molar-refractivity contribution is 7.80. The Bertz CT molecular complexity index is 1210. The first kappa shape index (κ1) is 23.9. The van der Waals surface area contributed by atoms with Crippen molar-refractivity contribution >= 4 is 23.3 Å². The van der Waals surface area contributed by atoms with Gasteiger partial charge in [0.1, 0.15) is 0 Å². The predicted molar refractivity (Wildman–Crippen MR) is 136 cm³/mol. The fourth-order valence-electron chi connectivity index (χ4n) is 4.81. The lowest BCUT2D eigenvalue weighted by atomic mass is 9.96. The fraction of sp³-hybridized carbons (Fsp3) is 0.346. The predicted octanol–water partition coefficient (Wildman–Crippen LogP) is 4.50. The summed E-state index contributed by atoms with van der Waals surface area (Å²) < 4.78 is 7.42. The fourth-order valence-corrected chi connectivity index (χ4v) is 5.14. The number of carbonyl (C=O) groups is 1. The van der Waals surface area contributed by atoms with Gasteiger partial charge in [-0.3, -0.25) is 4.98 Å². The molecule has 34 heavy (non-hydrogen) atoms. The molecule has 2 atom stereocenters. The normalized spacial score (nSPS) is 17.8. The van der Waals surface area contributed by atoms with Gasteiger partial charge in [-0.25, -0.2) is 4.79 Å². The number of rotatable bonds is 8. The van der Waals surface area contributed by atoms with E-state index >= 15 is 0 Å². The second-order valence-electron chi connectivity index (χ2n) is 8.63. The van der Waals surface area contributed by atoms with Crippen molar-refractivity contribution in [3.63, 3.8) is 0 Å². The Balaban J connectivity index is 1.83. The Hall–Kier alpha value is -3.23.